The van der Waals surface area contributed by atoms with E-state index in [1.165, 1.54) is 17.0 Å². The van der Waals surface area contributed by atoms with Gasteiger partial charge in [-0.3, -0.25) is 4.79 Å². The molecule has 0 N–H and O–H groups in total. The van der Waals surface area contributed by atoms with Gasteiger partial charge in [0.15, 0.2) is 13.2 Å². The highest BCUT2D eigenvalue weighted by molar-refractivity contribution is 6.43. The summed E-state index contributed by atoms with van der Waals surface area (Å²) in [4.78, 5) is 25.0. The molecule has 0 bridgehead atoms. The summed E-state index contributed by atoms with van der Waals surface area (Å²) in [6.07, 6.45) is 0.230. The summed E-state index contributed by atoms with van der Waals surface area (Å²) >= 11 is 17.5. The number of benzene rings is 1. The molecule has 0 aromatic heterocycles. The van der Waals surface area contributed by atoms with Crippen LogP contribution in [0.2, 0.25) is 15.1 Å². The molecule has 10 heteroatoms. The predicted octanol–water partition coefficient (Wildman–Crippen LogP) is 3.22. The number of hydrogen-bond donors (Lipinski definition) is 0. The number of hydrogen-bond acceptors (Lipinski definition) is 6. The van der Waals surface area contributed by atoms with Crippen LogP contribution >= 0.6 is 34.8 Å². The van der Waals surface area contributed by atoms with Crippen molar-refractivity contribution < 1.29 is 19.1 Å². The molecule has 26 heavy (non-hydrogen) atoms. The largest absolute Gasteiger partial charge is 0.480 e. The maximum absolute atomic E-state index is 12.0. The Labute approximate surface area is 165 Å². The second kappa shape index (κ2) is 11.4. The summed E-state index contributed by atoms with van der Waals surface area (Å²) in [5.74, 6) is -1.15. The van der Waals surface area contributed by atoms with Crippen molar-refractivity contribution in [1.29, 1.82) is 10.5 Å². The Balaban J connectivity index is 2.50. The van der Waals surface area contributed by atoms with Crippen molar-refractivity contribution in [3.63, 3.8) is 0 Å². The lowest BCUT2D eigenvalue weighted by Gasteiger charge is -2.20. The summed E-state index contributed by atoms with van der Waals surface area (Å²) in [7, 11) is 0. The average Bonchev–Trinajstić information content (AvgIpc) is 2.61. The van der Waals surface area contributed by atoms with Crippen LogP contribution in [0.1, 0.15) is 12.8 Å². The molecule has 1 aromatic rings. The zero-order valence-electron chi connectivity index (χ0n) is 13.5. The summed E-state index contributed by atoms with van der Waals surface area (Å²) in [6.45, 7) is -0.691. The van der Waals surface area contributed by atoms with E-state index < -0.39 is 25.1 Å². The first kappa shape index (κ1) is 21.9. The molecule has 7 nitrogen and oxygen atoms in total. The van der Waals surface area contributed by atoms with Crippen molar-refractivity contribution in [2.24, 2.45) is 0 Å². The maximum atomic E-state index is 12.0. The zero-order chi connectivity index (χ0) is 19.5. The van der Waals surface area contributed by atoms with Crippen LogP contribution in [0.15, 0.2) is 12.1 Å². The van der Waals surface area contributed by atoms with Gasteiger partial charge in [-0.25, -0.2) is 4.79 Å². The molecular weight excluding hydrogens is 405 g/mol. The Morgan fingerprint density at radius 3 is 2.12 bits per heavy atom. The molecule has 1 rings (SSSR count). The highest BCUT2D eigenvalue weighted by atomic mass is 35.5. The number of esters is 1. The van der Waals surface area contributed by atoms with E-state index in [1.54, 1.807) is 0 Å². The minimum Gasteiger partial charge on any atom is -0.480 e. The van der Waals surface area contributed by atoms with E-state index in [-0.39, 0.29) is 46.7 Å². The van der Waals surface area contributed by atoms with E-state index in [1.807, 2.05) is 12.1 Å². The second-order valence-electron chi connectivity index (χ2n) is 4.84. The van der Waals surface area contributed by atoms with Gasteiger partial charge in [0, 0.05) is 19.2 Å². The maximum Gasteiger partial charge on any atom is 0.344 e. The molecule has 0 atom stereocenters. The number of rotatable bonds is 9. The topological polar surface area (TPSA) is 103 Å². The third-order valence-electron chi connectivity index (χ3n) is 3.02. The lowest BCUT2D eigenvalue weighted by Crippen LogP contribution is -2.36. The number of amides is 1. The molecule has 0 heterocycles. The zero-order valence-corrected chi connectivity index (χ0v) is 15.8. The van der Waals surface area contributed by atoms with Crippen molar-refractivity contribution in [2.45, 2.75) is 12.8 Å². The number of ether oxygens (including phenoxy) is 2. The van der Waals surface area contributed by atoms with E-state index in [9.17, 15) is 9.59 Å². The van der Waals surface area contributed by atoms with Crippen molar-refractivity contribution >= 4 is 46.7 Å². The monoisotopic (exact) mass is 417 g/mol. The van der Waals surface area contributed by atoms with Gasteiger partial charge in [-0.15, -0.1) is 0 Å². The molecule has 0 spiro atoms. The van der Waals surface area contributed by atoms with Crippen LogP contribution in [0.25, 0.3) is 0 Å². The number of nitrogens with zero attached hydrogens (tertiary/aromatic N) is 3. The lowest BCUT2D eigenvalue weighted by molar-refractivity contribution is -0.153. The van der Waals surface area contributed by atoms with Crippen LogP contribution in [0.5, 0.6) is 5.75 Å². The molecule has 0 radical (unpaired) electrons. The Kier molecular flexibility index (Phi) is 9.61. The van der Waals surface area contributed by atoms with Gasteiger partial charge in [0.2, 0.25) is 0 Å². The molecule has 1 aromatic carbocycles. The fraction of sp³-hybridized carbons (Fsp3) is 0.375. The van der Waals surface area contributed by atoms with E-state index in [2.05, 4.69) is 0 Å². The van der Waals surface area contributed by atoms with Crippen LogP contribution in [-0.2, 0) is 14.3 Å². The minimum absolute atomic E-state index is 0.115. The molecule has 0 saturated heterocycles. The second-order valence-corrected chi connectivity index (χ2v) is 6.06. The van der Waals surface area contributed by atoms with Crippen molar-refractivity contribution in [2.75, 3.05) is 26.3 Å². The fourth-order valence-corrected chi connectivity index (χ4v) is 2.35. The lowest BCUT2D eigenvalue weighted by atomic mass is 10.3. The van der Waals surface area contributed by atoms with Gasteiger partial charge in [0.1, 0.15) is 5.75 Å². The third-order valence-corrected chi connectivity index (χ3v) is 4.03. The Hall–Kier alpha value is -2.19. The van der Waals surface area contributed by atoms with Crippen LogP contribution in [0.3, 0.4) is 0 Å². The molecule has 1 amide bonds. The van der Waals surface area contributed by atoms with Crippen LogP contribution in [0, 0.1) is 22.7 Å². The van der Waals surface area contributed by atoms with Gasteiger partial charge in [0.05, 0.1) is 40.0 Å². The highest BCUT2D eigenvalue weighted by Gasteiger charge is 2.16. The quantitative estimate of drug-likeness (QED) is 0.450. The summed E-state index contributed by atoms with van der Waals surface area (Å²) in [5, 5.41) is 17.8. The van der Waals surface area contributed by atoms with E-state index in [0.717, 1.165) is 0 Å². The SMILES string of the molecule is N#CCCN(CCC#N)C(=O)COC(=O)COc1cc(Cl)c(Cl)cc1Cl. The van der Waals surface area contributed by atoms with Crippen molar-refractivity contribution in [3.8, 4) is 17.9 Å². The van der Waals surface area contributed by atoms with E-state index in [4.69, 9.17) is 54.8 Å². The number of carbonyl (C=O) groups excluding carboxylic acids is 2. The Bertz CT molecular complexity index is 725. The fourth-order valence-electron chi connectivity index (χ4n) is 1.76. The van der Waals surface area contributed by atoms with Gasteiger partial charge in [-0.1, -0.05) is 34.8 Å². The number of halogens is 3. The molecule has 0 aliphatic carbocycles. The van der Waals surface area contributed by atoms with Crippen LogP contribution in [-0.4, -0.2) is 43.1 Å². The molecular formula is C16H14Cl3N3O4. The van der Waals surface area contributed by atoms with E-state index in [0.29, 0.717) is 0 Å². The molecule has 0 aliphatic rings. The smallest absolute Gasteiger partial charge is 0.344 e. The van der Waals surface area contributed by atoms with Crippen LogP contribution in [0.4, 0.5) is 0 Å². The van der Waals surface area contributed by atoms with Crippen LogP contribution < -0.4 is 4.74 Å². The van der Waals surface area contributed by atoms with Gasteiger partial charge in [-0.2, -0.15) is 10.5 Å². The third kappa shape index (κ3) is 7.37. The first-order valence-electron chi connectivity index (χ1n) is 7.33. The molecule has 138 valence electrons. The van der Waals surface area contributed by atoms with Gasteiger partial charge in [-0.05, 0) is 6.07 Å². The summed E-state index contributed by atoms with van der Waals surface area (Å²) < 4.78 is 10.0. The van der Waals surface area contributed by atoms with Crippen molar-refractivity contribution in [1.82, 2.24) is 4.90 Å². The first-order chi connectivity index (χ1) is 12.4. The van der Waals surface area contributed by atoms with Gasteiger partial charge >= 0.3 is 5.97 Å². The number of carbonyl (C=O) groups is 2. The van der Waals surface area contributed by atoms with E-state index >= 15 is 0 Å². The minimum atomic E-state index is -0.791. The van der Waals surface area contributed by atoms with Gasteiger partial charge in [0.25, 0.3) is 5.91 Å². The Morgan fingerprint density at radius 2 is 1.54 bits per heavy atom. The molecule has 0 fully saturated rings. The Morgan fingerprint density at radius 1 is 0.962 bits per heavy atom. The van der Waals surface area contributed by atoms with Crippen molar-refractivity contribution in [3.05, 3.63) is 27.2 Å². The first-order valence-corrected chi connectivity index (χ1v) is 8.47. The summed E-state index contributed by atoms with van der Waals surface area (Å²) in [5.41, 5.74) is 0. The average molecular weight is 419 g/mol. The number of nitriles is 2. The summed E-state index contributed by atoms with van der Waals surface area (Å²) in [6, 6.07) is 6.55. The molecule has 0 aliphatic heterocycles. The standard InChI is InChI=1S/C16H14Cl3N3O4/c17-11-7-13(19)14(8-12(11)18)25-10-16(24)26-9-15(23)22(5-1-3-20)6-2-4-21/h7-8H,1-2,5-6,9-10H2. The molecule has 0 saturated carbocycles. The highest BCUT2D eigenvalue weighted by Crippen LogP contribution is 2.33. The molecule has 0 unspecified atom stereocenters. The van der Waals surface area contributed by atoms with Gasteiger partial charge < -0.3 is 14.4 Å². The predicted molar refractivity (Wildman–Crippen MR) is 95.0 cm³/mol. The normalized spacial score (nSPS) is 9.73.